The van der Waals surface area contributed by atoms with Gasteiger partial charge in [-0.05, 0) is 13.3 Å². The third-order valence-corrected chi connectivity index (χ3v) is 3.35. The molecule has 0 fully saturated rings. The van der Waals surface area contributed by atoms with Crippen molar-refractivity contribution in [3.8, 4) is 0 Å². The highest BCUT2D eigenvalue weighted by Gasteiger charge is 2.10. The van der Waals surface area contributed by atoms with E-state index in [4.69, 9.17) is 4.74 Å². The average molecular weight is 272 g/mol. The van der Waals surface area contributed by atoms with Crippen molar-refractivity contribution < 1.29 is 14.6 Å². The Kier molecular flexibility index (Phi) is 13.4. The predicted octanol–water partition coefficient (Wildman–Crippen LogP) is 4.22. The third-order valence-electron chi connectivity index (χ3n) is 3.35. The van der Waals surface area contributed by atoms with Crippen LogP contribution in [0.1, 0.15) is 84.5 Å². The molecule has 3 nitrogen and oxygen atoms in total. The summed E-state index contributed by atoms with van der Waals surface area (Å²) < 4.78 is 4.81. The molecule has 19 heavy (non-hydrogen) atoms. The second kappa shape index (κ2) is 13.9. The van der Waals surface area contributed by atoms with E-state index in [1.165, 1.54) is 44.9 Å². The molecule has 3 heteroatoms. The summed E-state index contributed by atoms with van der Waals surface area (Å²) in [6.07, 6.45) is 11.8. The first kappa shape index (κ1) is 18.4. The van der Waals surface area contributed by atoms with Crippen molar-refractivity contribution in [2.75, 3.05) is 6.61 Å². The number of hydrogen-bond acceptors (Lipinski definition) is 3. The highest BCUT2D eigenvalue weighted by atomic mass is 16.5. The zero-order valence-corrected chi connectivity index (χ0v) is 12.8. The van der Waals surface area contributed by atoms with Crippen LogP contribution >= 0.6 is 0 Å². The van der Waals surface area contributed by atoms with E-state index < -0.39 is 6.10 Å². The van der Waals surface area contributed by atoms with Gasteiger partial charge in [0.05, 0.1) is 19.1 Å². The molecule has 0 rings (SSSR count). The topological polar surface area (TPSA) is 46.5 Å². The number of aliphatic hydroxyl groups excluding tert-OH is 1. The van der Waals surface area contributed by atoms with Gasteiger partial charge in [-0.2, -0.15) is 0 Å². The molecule has 0 radical (unpaired) electrons. The molecule has 0 aromatic heterocycles. The maximum absolute atomic E-state index is 11.1. The third kappa shape index (κ3) is 13.7. The molecule has 0 aliphatic carbocycles. The van der Waals surface area contributed by atoms with Crippen LogP contribution in [0.25, 0.3) is 0 Å². The Balaban J connectivity index is 3.22. The molecule has 0 heterocycles. The first-order valence-electron chi connectivity index (χ1n) is 8.04. The lowest BCUT2D eigenvalue weighted by Gasteiger charge is -2.09. The van der Waals surface area contributed by atoms with Crippen LogP contribution in [0.4, 0.5) is 0 Å². The predicted molar refractivity (Wildman–Crippen MR) is 79.1 cm³/mol. The summed E-state index contributed by atoms with van der Waals surface area (Å²) in [5, 5.41) is 9.65. The SMILES string of the molecule is CCCCCCCCCCCC(O)CC(=O)OCC. The summed E-state index contributed by atoms with van der Waals surface area (Å²) >= 11 is 0. The van der Waals surface area contributed by atoms with E-state index in [-0.39, 0.29) is 12.4 Å². The summed E-state index contributed by atoms with van der Waals surface area (Å²) in [4.78, 5) is 11.1. The van der Waals surface area contributed by atoms with Crippen molar-refractivity contribution in [1.82, 2.24) is 0 Å². The zero-order valence-electron chi connectivity index (χ0n) is 12.8. The van der Waals surface area contributed by atoms with Gasteiger partial charge in [-0.15, -0.1) is 0 Å². The van der Waals surface area contributed by atoms with E-state index in [1.54, 1.807) is 6.92 Å². The van der Waals surface area contributed by atoms with Crippen LogP contribution in [-0.2, 0) is 9.53 Å². The van der Waals surface area contributed by atoms with E-state index in [9.17, 15) is 9.90 Å². The van der Waals surface area contributed by atoms with E-state index >= 15 is 0 Å². The highest BCUT2D eigenvalue weighted by Crippen LogP contribution is 2.12. The van der Waals surface area contributed by atoms with Crippen molar-refractivity contribution >= 4 is 5.97 Å². The number of esters is 1. The molecule has 0 aliphatic rings. The largest absolute Gasteiger partial charge is 0.466 e. The summed E-state index contributed by atoms with van der Waals surface area (Å²) in [5.74, 6) is -0.286. The summed E-state index contributed by atoms with van der Waals surface area (Å²) in [7, 11) is 0. The smallest absolute Gasteiger partial charge is 0.308 e. The second-order valence-electron chi connectivity index (χ2n) is 5.28. The van der Waals surface area contributed by atoms with Gasteiger partial charge in [0.1, 0.15) is 0 Å². The van der Waals surface area contributed by atoms with E-state index in [0.29, 0.717) is 13.0 Å². The van der Waals surface area contributed by atoms with Crippen molar-refractivity contribution in [2.45, 2.75) is 90.6 Å². The Bertz CT molecular complexity index is 204. The molecule has 1 unspecified atom stereocenters. The van der Waals surface area contributed by atoms with Crippen LogP contribution in [0.5, 0.6) is 0 Å². The van der Waals surface area contributed by atoms with Gasteiger partial charge in [-0.3, -0.25) is 4.79 Å². The van der Waals surface area contributed by atoms with Crippen LogP contribution in [0.2, 0.25) is 0 Å². The number of carbonyl (C=O) groups excluding carboxylic acids is 1. The fourth-order valence-electron chi connectivity index (χ4n) is 2.20. The Morgan fingerprint density at radius 2 is 1.47 bits per heavy atom. The van der Waals surface area contributed by atoms with Gasteiger partial charge in [0.2, 0.25) is 0 Å². The maximum Gasteiger partial charge on any atom is 0.308 e. The van der Waals surface area contributed by atoms with E-state index in [1.807, 2.05) is 0 Å². The molecule has 0 aromatic rings. The number of aliphatic hydroxyl groups is 1. The molecule has 0 saturated carbocycles. The second-order valence-corrected chi connectivity index (χ2v) is 5.28. The van der Waals surface area contributed by atoms with Gasteiger partial charge in [0.15, 0.2) is 0 Å². The van der Waals surface area contributed by atoms with Gasteiger partial charge >= 0.3 is 5.97 Å². The quantitative estimate of drug-likeness (QED) is 0.403. The Hall–Kier alpha value is -0.570. The van der Waals surface area contributed by atoms with Crippen molar-refractivity contribution in [3.63, 3.8) is 0 Å². The number of carbonyl (C=O) groups is 1. The molecule has 0 aromatic carbocycles. The molecule has 0 spiro atoms. The Morgan fingerprint density at radius 3 is 2.00 bits per heavy atom. The Labute approximate surface area is 118 Å². The molecule has 0 amide bonds. The minimum Gasteiger partial charge on any atom is -0.466 e. The number of ether oxygens (including phenoxy) is 1. The summed E-state index contributed by atoms with van der Waals surface area (Å²) in [6, 6.07) is 0. The fourth-order valence-corrected chi connectivity index (χ4v) is 2.20. The minimum absolute atomic E-state index is 0.144. The van der Waals surface area contributed by atoms with Crippen LogP contribution in [0, 0.1) is 0 Å². The van der Waals surface area contributed by atoms with Gasteiger partial charge in [0, 0.05) is 0 Å². The molecule has 1 atom stereocenters. The molecule has 0 aliphatic heterocycles. The van der Waals surface area contributed by atoms with Crippen LogP contribution < -0.4 is 0 Å². The van der Waals surface area contributed by atoms with Gasteiger partial charge in [0.25, 0.3) is 0 Å². The standard InChI is InChI=1S/C16H32O3/c1-3-5-6-7-8-9-10-11-12-13-15(17)14-16(18)19-4-2/h15,17H,3-14H2,1-2H3. The summed E-state index contributed by atoms with van der Waals surface area (Å²) in [6.45, 7) is 4.41. The normalized spacial score (nSPS) is 12.4. The van der Waals surface area contributed by atoms with Crippen molar-refractivity contribution in [3.05, 3.63) is 0 Å². The average Bonchev–Trinajstić information content (AvgIpc) is 2.37. The first-order valence-corrected chi connectivity index (χ1v) is 8.04. The molecule has 0 bridgehead atoms. The fraction of sp³-hybridized carbons (Fsp3) is 0.938. The van der Waals surface area contributed by atoms with E-state index in [2.05, 4.69) is 6.92 Å². The van der Waals surface area contributed by atoms with Gasteiger partial charge in [-0.25, -0.2) is 0 Å². The Morgan fingerprint density at radius 1 is 0.947 bits per heavy atom. The van der Waals surface area contributed by atoms with Crippen LogP contribution in [0.15, 0.2) is 0 Å². The monoisotopic (exact) mass is 272 g/mol. The van der Waals surface area contributed by atoms with Crippen LogP contribution in [0.3, 0.4) is 0 Å². The molecular formula is C16H32O3. The number of rotatable bonds is 13. The minimum atomic E-state index is -0.524. The molecular weight excluding hydrogens is 240 g/mol. The lowest BCUT2D eigenvalue weighted by atomic mass is 10.0. The van der Waals surface area contributed by atoms with Gasteiger partial charge in [-0.1, -0.05) is 64.7 Å². The first-order chi connectivity index (χ1) is 9.20. The number of hydrogen-bond donors (Lipinski definition) is 1. The van der Waals surface area contributed by atoms with Crippen LogP contribution in [-0.4, -0.2) is 23.8 Å². The van der Waals surface area contributed by atoms with E-state index in [0.717, 1.165) is 12.8 Å². The lowest BCUT2D eigenvalue weighted by molar-refractivity contribution is -0.145. The van der Waals surface area contributed by atoms with Crippen molar-refractivity contribution in [2.24, 2.45) is 0 Å². The van der Waals surface area contributed by atoms with Crippen molar-refractivity contribution in [1.29, 1.82) is 0 Å². The number of unbranched alkanes of at least 4 members (excludes halogenated alkanes) is 8. The molecule has 114 valence electrons. The zero-order chi connectivity index (χ0) is 14.3. The molecule has 0 saturated heterocycles. The highest BCUT2D eigenvalue weighted by molar-refractivity contribution is 5.69. The maximum atomic E-state index is 11.1. The molecule has 1 N–H and O–H groups in total. The summed E-state index contributed by atoms with van der Waals surface area (Å²) in [5.41, 5.74) is 0. The van der Waals surface area contributed by atoms with Gasteiger partial charge < -0.3 is 9.84 Å². The lowest BCUT2D eigenvalue weighted by Crippen LogP contribution is -2.15.